The van der Waals surface area contributed by atoms with E-state index in [4.69, 9.17) is 5.73 Å². The second kappa shape index (κ2) is 6.10. The molecule has 2 aromatic rings. The Morgan fingerprint density at radius 3 is 2.60 bits per heavy atom. The van der Waals surface area contributed by atoms with Gasteiger partial charge in [-0.15, -0.1) is 0 Å². The highest BCUT2D eigenvalue weighted by molar-refractivity contribution is 5.94. The first kappa shape index (κ1) is 13.9. The maximum Gasteiger partial charge on any atom is 0.254 e. The Hall–Kier alpha value is -2.49. The average molecular weight is 270 g/mol. The summed E-state index contributed by atoms with van der Waals surface area (Å²) in [4.78, 5) is 14.1. The summed E-state index contributed by atoms with van der Waals surface area (Å²) in [6.07, 6.45) is 0. The summed E-state index contributed by atoms with van der Waals surface area (Å²) in [7, 11) is 0. The first-order valence-corrected chi connectivity index (χ1v) is 6.53. The fraction of sp³-hybridized carbons (Fsp3) is 0.188. The molecule has 20 heavy (non-hydrogen) atoms. The van der Waals surface area contributed by atoms with Gasteiger partial charge in [0.1, 0.15) is 5.75 Å². The number of phenols is 1. The highest BCUT2D eigenvalue weighted by Gasteiger charge is 2.15. The van der Waals surface area contributed by atoms with Gasteiger partial charge in [-0.3, -0.25) is 4.79 Å². The molecule has 4 nitrogen and oxygen atoms in total. The van der Waals surface area contributed by atoms with Crippen molar-refractivity contribution in [1.29, 1.82) is 0 Å². The van der Waals surface area contributed by atoms with Crippen LogP contribution in [-0.2, 0) is 6.54 Å². The van der Waals surface area contributed by atoms with Crippen LogP contribution in [0.4, 0.5) is 5.69 Å². The van der Waals surface area contributed by atoms with Crippen molar-refractivity contribution in [2.24, 2.45) is 0 Å². The van der Waals surface area contributed by atoms with E-state index in [0.29, 0.717) is 24.3 Å². The summed E-state index contributed by atoms with van der Waals surface area (Å²) < 4.78 is 0. The van der Waals surface area contributed by atoms with E-state index in [1.54, 1.807) is 23.1 Å². The Bertz CT molecular complexity index is 611. The zero-order chi connectivity index (χ0) is 14.5. The van der Waals surface area contributed by atoms with Crippen LogP contribution in [-0.4, -0.2) is 22.5 Å². The van der Waals surface area contributed by atoms with Crippen molar-refractivity contribution < 1.29 is 9.90 Å². The molecule has 0 aliphatic carbocycles. The van der Waals surface area contributed by atoms with Crippen molar-refractivity contribution in [1.82, 2.24) is 4.90 Å². The summed E-state index contributed by atoms with van der Waals surface area (Å²) in [5.74, 6) is -0.0298. The second-order valence-electron chi connectivity index (χ2n) is 4.57. The molecule has 2 rings (SSSR count). The van der Waals surface area contributed by atoms with E-state index in [9.17, 15) is 9.90 Å². The van der Waals surface area contributed by atoms with Crippen LogP contribution in [0.15, 0.2) is 48.5 Å². The number of nitrogens with two attached hydrogens (primary N) is 1. The lowest BCUT2D eigenvalue weighted by molar-refractivity contribution is 0.0752. The quantitative estimate of drug-likeness (QED) is 0.839. The number of benzene rings is 2. The zero-order valence-electron chi connectivity index (χ0n) is 11.4. The molecule has 0 fully saturated rings. The predicted molar refractivity (Wildman–Crippen MR) is 79.4 cm³/mol. The van der Waals surface area contributed by atoms with Gasteiger partial charge in [-0.2, -0.15) is 0 Å². The highest BCUT2D eigenvalue weighted by atomic mass is 16.3. The van der Waals surface area contributed by atoms with Crippen molar-refractivity contribution in [2.45, 2.75) is 13.5 Å². The van der Waals surface area contributed by atoms with Crippen molar-refractivity contribution in [3.05, 3.63) is 59.7 Å². The van der Waals surface area contributed by atoms with E-state index in [1.807, 2.05) is 31.2 Å². The van der Waals surface area contributed by atoms with E-state index in [1.165, 1.54) is 6.07 Å². The number of carbonyl (C=O) groups excluding carboxylic acids is 1. The van der Waals surface area contributed by atoms with Gasteiger partial charge in [0, 0.05) is 24.3 Å². The molecule has 0 saturated heterocycles. The van der Waals surface area contributed by atoms with Crippen molar-refractivity contribution in [2.75, 3.05) is 12.3 Å². The molecule has 2 aromatic carbocycles. The number of carbonyl (C=O) groups is 1. The molecule has 0 unspecified atom stereocenters. The normalized spacial score (nSPS) is 10.2. The molecule has 1 amide bonds. The van der Waals surface area contributed by atoms with Gasteiger partial charge in [0.25, 0.3) is 5.91 Å². The summed E-state index contributed by atoms with van der Waals surface area (Å²) >= 11 is 0. The van der Waals surface area contributed by atoms with Gasteiger partial charge >= 0.3 is 0 Å². The maximum absolute atomic E-state index is 12.4. The number of anilines is 1. The molecule has 0 aliphatic heterocycles. The Balaban J connectivity index is 2.20. The molecule has 0 spiro atoms. The number of hydrogen-bond acceptors (Lipinski definition) is 3. The third-order valence-electron chi connectivity index (χ3n) is 3.18. The number of para-hydroxylation sites is 1. The SMILES string of the molecule is CCN(Cc1ccccc1N)C(=O)c1cccc(O)c1. The van der Waals surface area contributed by atoms with E-state index in [2.05, 4.69) is 0 Å². The van der Waals surface area contributed by atoms with E-state index in [0.717, 1.165) is 5.56 Å². The minimum Gasteiger partial charge on any atom is -0.508 e. The van der Waals surface area contributed by atoms with Crippen LogP contribution in [0.5, 0.6) is 5.75 Å². The molecule has 3 N–H and O–H groups in total. The summed E-state index contributed by atoms with van der Waals surface area (Å²) in [5.41, 5.74) is 7.98. The van der Waals surface area contributed by atoms with Gasteiger partial charge < -0.3 is 15.7 Å². The topological polar surface area (TPSA) is 66.6 Å². The molecule has 0 saturated carbocycles. The number of rotatable bonds is 4. The van der Waals surface area contributed by atoms with E-state index < -0.39 is 0 Å². The Kier molecular flexibility index (Phi) is 4.25. The first-order chi connectivity index (χ1) is 9.61. The van der Waals surface area contributed by atoms with Gasteiger partial charge in [0.05, 0.1) is 0 Å². The number of hydrogen-bond donors (Lipinski definition) is 2. The predicted octanol–water partition coefficient (Wildman–Crippen LogP) is 2.64. The molecular formula is C16H18N2O2. The largest absolute Gasteiger partial charge is 0.508 e. The number of phenolic OH excluding ortho intramolecular Hbond substituents is 1. The molecule has 0 heterocycles. The third kappa shape index (κ3) is 3.09. The number of amides is 1. The Morgan fingerprint density at radius 2 is 1.95 bits per heavy atom. The van der Waals surface area contributed by atoms with Gasteiger partial charge in [0.15, 0.2) is 0 Å². The Morgan fingerprint density at radius 1 is 1.20 bits per heavy atom. The molecule has 0 atom stereocenters. The van der Waals surface area contributed by atoms with Crippen LogP contribution in [0.1, 0.15) is 22.8 Å². The monoisotopic (exact) mass is 270 g/mol. The average Bonchev–Trinajstić information content (AvgIpc) is 2.46. The standard InChI is InChI=1S/C16H18N2O2/c1-2-18(11-13-6-3-4-9-15(13)17)16(20)12-7-5-8-14(19)10-12/h3-10,19H,2,11,17H2,1H3. The molecular weight excluding hydrogens is 252 g/mol. The molecule has 0 aromatic heterocycles. The lowest BCUT2D eigenvalue weighted by Crippen LogP contribution is -2.30. The second-order valence-corrected chi connectivity index (χ2v) is 4.57. The molecule has 104 valence electrons. The number of nitrogens with zero attached hydrogens (tertiary/aromatic N) is 1. The maximum atomic E-state index is 12.4. The van der Waals surface area contributed by atoms with Crippen LogP contribution in [0.3, 0.4) is 0 Å². The third-order valence-corrected chi connectivity index (χ3v) is 3.18. The fourth-order valence-electron chi connectivity index (χ4n) is 2.03. The fourth-order valence-corrected chi connectivity index (χ4v) is 2.03. The lowest BCUT2D eigenvalue weighted by Gasteiger charge is -2.22. The summed E-state index contributed by atoms with van der Waals surface area (Å²) in [6.45, 7) is 2.94. The van der Waals surface area contributed by atoms with Crippen molar-refractivity contribution in [3.8, 4) is 5.75 Å². The Labute approximate surface area is 118 Å². The van der Waals surface area contributed by atoms with Gasteiger partial charge in [-0.1, -0.05) is 24.3 Å². The number of aromatic hydroxyl groups is 1. The zero-order valence-corrected chi connectivity index (χ0v) is 11.4. The molecule has 0 aliphatic rings. The smallest absolute Gasteiger partial charge is 0.254 e. The van der Waals surface area contributed by atoms with Crippen LogP contribution < -0.4 is 5.73 Å². The summed E-state index contributed by atoms with van der Waals surface area (Å²) in [5, 5.41) is 9.46. The van der Waals surface area contributed by atoms with Gasteiger partial charge in [-0.25, -0.2) is 0 Å². The highest BCUT2D eigenvalue weighted by Crippen LogP contribution is 2.17. The van der Waals surface area contributed by atoms with Gasteiger partial charge in [-0.05, 0) is 36.8 Å². The van der Waals surface area contributed by atoms with Gasteiger partial charge in [0.2, 0.25) is 0 Å². The molecule has 0 radical (unpaired) electrons. The minimum atomic E-state index is -0.119. The lowest BCUT2D eigenvalue weighted by atomic mass is 10.1. The van der Waals surface area contributed by atoms with Crippen LogP contribution in [0.2, 0.25) is 0 Å². The molecule has 4 heteroatoms. The van der Waals surface area contributed by atoms with Crippen LogP contribution in [0.25, 0.3) is 0 Å². The first-order valence-electron chi connectivity index (χ1n) is 6.53. The molecule has 0 bridgehead atoms. The summed E-state index contributed by atoms with van der Waals surface area (Å²) in [6, 6.07) is 13.9. The van der Waals surface area contributed by atoms with Crippen molar-refractivity contribution >= 4 is 11.6 Å². The van der Waals surface area contributed by atoms with E-state index >= 15 is 0 Å². The number of nitrogen functional groups attached to an aromatic ring is 1. The minimum absolute atomic E-state index is 0.0890. The van der Waals surface area contributed by atoms with E-state index in [-0.39, 0.29) is 11.7 Å². The van der Waals surface area contributed by atoms with Crippen LogP contribution in [0, 0.1) is 0 Å². The van der Waals surface area contributed by atoms with Crippen molar-refractivity contribution in [3.63, 3.8) is 0 Å². The van der Waals surface area contributed by atoms with Crippen LogP contribution >= 0.6 is 0 Å².